The highest BCUT2D eigenvalue weighted by Crippen LogP contribution is 2.30. The van der Waals surface area contributed by atoms with Crippen molar-refractivity contribution in [1.29, 1.82) is 0 Å². The highest BCUT2D eigenvalue weighted by atomic mass is 32.1. The van der Waals surface area contributed by atoms with Gasteiger partial charge in [0.15, 0.2) is 10.9 Å². The molecule has 0 radical (unpaired) electrons. The van der Waals surface area contributed by atoms with Crippen molar-refractivity contribution in [2.45, 2.75) is 34.1 Å². The van der Waals surface area contributed by atoms with Crippen LogP contribution in [-0.2, 0) is 0 Å². The van der Waals surface area contributed by atoms with Gasteiger partial charge in [-0.3, -0.25) is 4.79 Å². The fraction of sp³-hybridized carbons (Fsp3) is 0.375. The van der Waals surface area contributed by atoms with Crippen LogP contribution in [0.2, 0.25) is 0 Å². The minimum Gasteiger partial charge on any atom is -0.382 e. The van der Waals surface area contributed by atoms with Crippen molar-refractivity contribution < 1.29 is 4.79 Å². The Hall–Kier alpha value is -1.88. The quantitative estimate of drug-likeness (QED) is 0.807. The van der Waals surface area contributed by atoms with Crippen LogP contribution in [0.5, 0.6) is 0 Å². The first-order chi connectivity index (χ1) is 9.85. The second-order valence-corrected chi connectivity index (χ2v) is 6.75. The molecule has 21 heavy (non-hydrogen) atoms. The van der Waals surface area contributed by atoms with Gasteiger partial charge in [-0.05, 0) is 43.0 Å². The van der Waals surface area contributed by atoms with Crippen molar-refractivity contribution in [2.75, 3.05) is 11.1 Å². The maximum atomic E-state index is 12.1. The number of nitrogens with zero attached hydrogens (tertiary/aromatic N) is 1. The molecule has 0 aliphatic heterocycles. The molecule has 1 heterocycles. The SMILES string of the molecule is Cc1cc(C)cc(Nc2nc(N)c(C(=O)CC(C)C)s2)c1. The fourth-order valence-corrected chi connectivity index (χ4v) is 3.07. The van der Waals surface area contributed by atoms with E-state index in [0.717, 1.165) is 5.69 Å². The molecule has 0 amide bonds. The normalized spacial score (nSPS) is 10.9. The van der Waals surface area contributed by atoms with Gasteiger partial charge in [-0.2, -0.15) is 0 Å². The van der Waals surface area contributed by atoms with Crippen molar-refractivity contribution in [3.8, 4) is 0 Å². The third-order valence-corrected chi connectivity index (χ3v) is 4.00. The van der Waals surface area contributed by atoms with Crippen LogP contribution in [0, 0.1) is 19.8 Å². The van der Waals surface area contributed by atoms with E-state index in [1.807, 2.05) is 39.8 Å². The maximum absolute atomic E-state index is 12.1. The third kappa shape index (κ3) is 4.04. The molecule has 2 rings (SSSR count). The molecule has 4 nitrogen and oxygen atoms in total. The maximum Gasteiger partial charge on any atom is 0.189 e. The van der Waals surface area contributed by atoms with E-state index in [4.69, 9.17) is 5.73 Å². The van der Waals surface area contributed by atoms with Crippen molar-refractivity contribution in [3.05, 3.63) is 34.2 Å². The van der Waals surface area contributed by atoms with Crippen LogP contribution in [-0.4, -0.2) is 10.8 Å². The van der Waals surface area contributed by atoms with E-state index in [1.54, 1.807) is 0 Å². The third-order valence-electron chi connectivity index (χ3n) is 2.97. The number of Topliss-reactive ketones (excluding diaryl/α,β-unsaturated/α-hetero) is 1. The number of rotatable bonds is 5. The van der Waals surface area contributed by atoms with E-state index >= 15 is 0 Å². The average Bonchev–Trinajstić information content (AvgIpc) is 2.67. The Morgan fingerprint density at radius 2 is 1.90 bits per heavy atom. The predicted octanol–water partition coefficient (Wildman–Crippen LogP) is 4.31. The number of hydrogen-bond donors (Lipinski definition) is 2. The number of thiazole rings is 1. The molecular weight excluding hydrogens is 282 g/mol. The zero-order valence-electron chi connectivity index (χ0n) is 12.9. The molecule has 1 aromatic heterocycles. The van der Waals surface area contributed by atoms with Crippen LogP contribution in [0.3, 0.4) is 0 Å². The molecule has 0 fully saturated rings. The Morgan fingerprint density at radius 1 is 1.29 bits per heavy atom. The number of aryl methyl sites for hydroxylation is 2. The number of nitrogen functional groups attached to an aromatic ring is 1. The molecule has 0 atom stereocenters. The van der Waals surface area contributed by atoms with E-state index < -0.39 is 0 Å². The largest absolute Gasteiger partial charge is 0.382 e. The minimum absolute atomic E-state index is 0.0634. The summed E-state index contributed by atoms with van der Waals surface area (Å²) in [5.41, 5.74) is 9.19. The summed E-state index contributed by atoms with van der Waals surface area (Å²) < 4.78 is 0. The van der Waals surface area contributed by atoms with Crippen LogP contribution < -0.4 is 11.1 Å². The fourth-order valence-electron chi connectivity index (χ4n) is 2.22. The number of carbonyl (C=O) groups excluding carboxylic acids is 1. The number of carbonyl (C=O) groups is 1. The van der Waals surface area contributed by atoms with Gasteiger partial charge >= 0.3 is 0 Å². The van der Waals surface area contributed by atoms with E-state index in [9.17, 15) is 4.79 Å². The molecule has 0 aliphatic rings. The molecule has 112 valence electrons. The minimum atomic E-state index is 0.0634. The van der Waals surface area contributed by atoms with Crippen LogP contribution >= 0.6 is 11.3 Å². The summed E-state index contributed by atoms with van der Waals surface area (Å²) in [6.45, 7) is 8.13. The molecule has 0 saturated heterocycles. The molecular formula is C16H21N3OS. The zero-order chi connectivity index (χ0) is 15.6. The van der Waals surface area contributed by atoms with Crippen molar-refractivity contribution in [3.63, 3.8) is 0 Å². The highest BCUT2D eigenvalue weighted by molar-refractivity contribution is 7.18. The van der Waals surface area contributed by atoms with Gasteiger partial charge in [0.1, 0.15) is 10.7 Å². The van der Waals surface area contributed by atoms with Crippen LogP contribution in [0.1, 0.15) is 41.1 Å². The standard InChI is InChI=1S/C16H21N3OS/c1-9(2)5-13(20)14-15(17)19-16(21-14)18-12-7-10(3)6-11(4)8-12/h6-9H,5,17H2,1-4H3,(H,18,19). The van der Waals surface area contributed by atoms with Gasteiger partial charge in [-0.1, -0.05) is 31.3 Å². The molecule has 0 aliphatic carbocycles. The Bertz CT molecular complexity index is 641. The lowest BCUT2D eigenvalue weighted by molar-refractivity contribution is 0.0972. The van der Waals surface area contributed by atoms with Gasteiger partial charge < -0.3 is 11.1 Å². The molecule has 0 unspecified atom stereocenters. The molecule has 2 aromatic rings. The van der Waals surface area contributed by atoms with Crippen LogP contribution in [0.4, 0.5) is 16.6 Å². The van der Waals surface area contributed by atoms with Gasteiger partial charge in [0.2, 0.25) is 0 Å². The first kappa shape index (κ1) is 15.5. The lowest BCUT2D eigenvalue weighted by Crippen LogP contribution is -2.04. The molecule has 1 aromatic carbocycles. The highest BCUT2D eigenvalue weighted by Gasteiger charge is 2.17. The second-order valence-electron chi connectivity index (χ2n) is 5.76. The van der Waals surface area contributed by atoms with E-state index in [0.29, 0.717) is 28.2 Å². The Kier molecular flexibility index (Phi) is 4.63. The number of nitrogens with one attached hydrogen (secondary N) is 1. The Labute approximate surface area is 129 Å². The van der Waals surface area contributed by atoms with Gasteiger partial charge in [0.25, 0.3) is 0 Å². The molecule has 0 saturated carbocycles. The number of hydrogen-bond acceptors (Lipinski definition) is 5. The topological polar surface area (TPSA) is 68.0 Å². The average molecular weight is 303 g/mol. The number of anilines is 3. The van der Waals surface area contributed by atoms with Gasteiger partial charge in [-0.25, -0.2) is 4.98 Å². The monoisotopic (exact) mass is 303 g/mol. The van der Waals surface area contributed by atoms with Crippen LogP contribution in [0.25, 0.3) is 0 Å². The lowest BCUT2D eigenvalue weighted by Gasteiger charge is -2.05. The number of benzene rings is 1. The van der Waals surface area contributed by atoms with E-state index in [1.165, 1.54) is 22.5 Å². The summed E-state index contributed by atoms with van der Waals surface area (Å²) in [4.78, 5) is 16.9. The van der Waals surface area contributed by atoms with Gasteiger partial charge in [0, 0.05) is 12.1 Å². The first-order valence-corrected chi connectivity index (χ1v) is 7.81. The van der Waals surface area contributed by atoms with Crippen molar-refractivity contribution >= 4 is 33.8 Å². The van der Waals surface area contributed by atoms with Crippen molar-refractivity contribution in [1.82, 2.24) is 4.98 Å². The smallest absolute Gasteiger partial charge is 0.189 e. The summed E-state index contributed by atoms with van der Waals surface area (Å²) in [5.74, 6) is 0.695. The van der Waals surface area contributed by atoms with Gasteiger partial charge in [-0.15, -0.1) is 0 Å². The molecule has 0 bridgehead atoms. The first-order valence-electron chi connectivity index (χ1n) is 7.00. The summed E-state index contributed by atoms with van der Waals surface area (Å²) in [5, 5.41) is 3.89. The second kappa shape index (κ2) is 6.26. The number of aromatic nitrogens is 1. The van der Waals surface area contributed by atoms with E-state index in [-0.39, 0.29) is 5.78 Å². The lowest BCUT2D eigenvalue weighted by atomic mass is 10.1. The Morgan fingerprint density at radius 3 is 2.48 bits per heavy atom. The molecule has 0 spiro atoms. The van der Waals surface area contributed by atoms with Crippen molar-refractivity contribution in [2.24, 2.45) is 5.92 Å². The summed E-state index contributed by atoms with van der Waals surface area (Å²) in [6, 6.07) is 6.19. The number of nitrogens with two attached hydrogens (primary N) is 1. The zero-order valence-corrected chi connectivity index (χ0v) is 13.7. The summed E-state index contributed by atoms with van der Waals surface area (Å²) in [7, 11) is 0. The van der Waals surface area contributed by atoms with Crippen LogP contribution in [0.15, 0.2) is 18.2 Å². The molecule has 3 N–H and O–H groups in total. The summed E-state index contributed by atoms with van der Waals surface area (Å²) >= 11 is 1.32. The van der Waals surface area contributed by atoms with E-state index in [2.05, 4.69) is 16.4 Å². The van der Waals surface area contributed by atoms with Gasteiger partial charge in [0.05, 0.1) is 0 Å². The summed E-state index contributed by atoms with van der Waals surface area (Å²) in [6.07, 6.45) is 0.495. The predicted molar refractivity (Wildman–Crippen MR) is 89.5 cm³/mol. The Balaban J connectivity index is 2.20. The number of ketones is 1. The molecule has 5 heteroatoms.